The highest BCUT2D eigenvalue weighted by Crippen LogP contribution is 2.35. The fourth-order valence-electron chi connectivity index (χ4n) is 3.25. The molecular weight excluding hydrogens is 330 g/mol. The Morgan fingerprint density at radius 1 is 1.12 bits per heavy atom. The van der Waals surface area contributed by atoms with Gasteiger partial charge in [0.25, 0.3) is 0 Å². The van der Waals surface area contributed by atoms with Gasteiger partial charge in [-0.2, -0.15) is 0 Å². The maximum absolute atomic E-state index is 12.6. The molecule has 136 valence electrons. The zero-order chi connectivity index (χ0) is 19.0. The summed E-state index contributed by atoms with van der Waals surface area (Å²) in [6, 6.07) is 9.23. The molecule has 3 aromatic rings. The predicted molar refractivity (Wildman–Crippen MR) is 103 cm³/mol. The van der Waals surface area contributed by atoms with Crippen LogP contribution in [0.4, 0.5) is 0 Å². The lowest BCUT2D eigenvalue weighted by molar-refractivity contribution is 0.385. The van der Waals surface area contributed by atoms with Gasteiger partial charge in [0, 0.05) is 23.1 Å². The SMILES string of the molecule is COc1ccc(-c2c(C)c3cc(CN(C)C)c(O)c(C)c3oc2=O)cc1. The summed E-state index contributed by atoms with van der Waals surface area (Å²) in [7, 11) is 5.49. The molecule has 1 heterocycles. The molecular formula is C21H23NO4. The Kier molecular flexibility index (Phi) is 4.74. The molecule has 0 aliphatic heterocycles. The van der Waals surface area contributed by atoms with Crippen LogP contribution >= 0.6 is 0 Å². The quantitative estimate of drug-likeness (QED) is 0.722. The molecule has 0 bridgehead atoms. The van der Waals surface area contributed by atoms with Crippen molar-refractivity contribution in [1.82, 2.24) is 4.90 Å². The third kappa shape index (κ3) is 3.06. The summed E-state index contributed by atoms with van der Waals surface area (Å²) < 4.78 is 10.8. The van der Waals surface area contributed by atoms with E-state index in [1.54, 1.807) is 14.0 Å². The molecule has 0 amide bonds. The van der Waals surface area contributed by atoms with Gasteiger partial charge < -0.3 is 19.2 Å². The monoisotopic (exact) mass is 353 g/mol. The van der Waals surface area contributed by atoms with Crippen molar-refractivity contribution in [2.24, 2.45) is 0 Å². The van der Waals surface area contributed by atoms with Crippen LogP contribution in [0.3, 0.4) is 0 Å². The number of nitrogens with zero attached hydrogens (tertiary/aromatic N) is 1. The van der Waals surface area contributed by atoms with Gasteiger partial charge in [0.05, 0.1) is 12.7 Å². The number of methoxy groups -OCH3 is 1. The van der Waals surface area contributed by atoms with Gasteiger partial charge in [-0.25, -0.2) is 4.79 Å². The van der Waals surface area contributed by atoms with Gasteiger partial charge in [-0.05, 0) is 57.3 Å². The van der Waals surface area contributed by atoms with E-state index in [2.05, 4.69) is 0 Å². The van der Waals surface area contributed by atoms with Crippen LogP contribution in [0, 0.1) is 13.8 Å². The van der Waals surface area contributed by atoms with Gasteiger partial charge in [0.1, 0.15) is 17.1 Å². The number of hydrogen-bond donors (Lipinski definition) is 1. The molecule has 0 aliphatic rings. The lowest BCUT2D eigenvalue weighted by Crippen LogP contribution is -2.12. The third-order valence-electron chi connectivity index (χ3n) is 4.61. The van der Waals surface area contributed by atoms with Crippen molar-refractivity contribution >= 4 is 11.0 Å². The van der Waals surface area contributed by atoms with E-state index in [0.717, 1.165) is 27.8 Å². The number of benzene rings is 2. The van der Waals surface area contributed by atoms with Crippen molar-refractivity contribution in [3.63, 3.8) is 0 Å². The topological polar surface area (TPSA) is 62.9 Å². The maximum atomic E-state index is 12.6. The van der Waals surface area contributed by atoms with Gasteiger partial charge in [-0.15, -0.1) is 0 Å². The highest BCUT2D eigenvalue weighted by atomic mass is 16.5. The highest BCUT2D eigenvalue weighted by Gasteiger charge is 2.18. The molecule has 0 radical (unpaired) electrons. The molecule has 1 N–H and O–H groups in total. The molecule has 0 saturated heterocycles. The third-order valence-corrected chi connectivity index (χ3v) is 4.61. The van der Waals surface area contributed by atoms with Crippen LogP contribution in [-0.4, -0.2) is 31.2 Å². The largest absolute Gasteiger partial charge is 0.507 e. The number of aromatic hydroxyl groups is 1. The Balaban J connectivity index is 2.28. The maximum Gasteiger partial charge on any atom is 0.344 e. The summed E-state index contributed by atoms with van der Waals surface area (Å²) in [6.45, 7) is 4.28. The molecule has 0 aliphatic carbocycles. The molecule has 0 unspecified atom stereocenters. The van der Waals surface area contributed by atoms with Crippen LogP contribution in [0.2, 0.25) is 0 Å². The molecule has 2 aromatic carbocycles. The van der Waals surface area contributed by atoms with E-state index >= 15 is 0 Å². The van der Waals surface area contributed by atoms with E-state index in [9.17, 15) is 9.90 Å². The van der Waals surface area contributed by atoms with E-state index in [4.69, 9.17) is 9.15 Å². The van der Waals surface area contributed by atoms with E-state index in [-0.39, 0.29) is 5.75 Å². The summed E-state index contributed by atoms with van der Waals surface area (Å²) in [5.74, 6) is 0.900. The normalized spacial score (nSPS) is 11.3. The molecule has 0 saturated carbocycles. The average molecular weight is 353 g/mol. The first-order chi connectivity index (χ1) is 12.3. The molecule has 0 atom stereocenters. The van der Waals surface area contributed by atoms with E-state index in [1.807, 2.05) is 56.3 Å². The molecule has 26 heavy (non-hydrogen) atoms. The first kappa shape index (κ1) is 18.0. The zero-order valence-corrected chi connectivity index (χ0v) is 15.7. The lowest BCUT2D eigenvalue weighted by atomic mass is 9.96. The van der Waals surface area contributed by atoms with Crippen molar-refractivity contribution in [3.05, 3.63) is 57.4 Å². The van der Waals surface area contributed by atoms with Crippen molar-refractivity contribution in [1.29, 1.82) is 0 Å². The second kappa shape index (κ2) is 6.84. The molecule has 3 rings (SSSR count). The Labute approximate surface area is 152 Å². The number of aryl methyl sites for hydroxylation is 2. The summed E-state index contributed by atoms with van der Waals surface area (Å²) >= 11 is 0. The molecule has 5 nitrogen and oxygen atoms in total. The highest BCUT2D eigenvalue weighted by molar-refractivity contribution is 5.90. The molecule has 0 fully saturated rings. The minimum atomic E-state index is -0.414. The Morgan fingerprint density at radius 2 is 1.77 bits per heavy atom. The summed E-state index contributed by atoms with van der Waals surface area (Å²) in [4.78, 5) is 14.6. The molecule has 0 spiro atoms. The number of fused-ring (bicyclic) bond motifs is 1. The van der Waals surface area contributed by atoms with Crippen molar-refractivity contribution in [2.75, 3.05) is 21.2 Å². The minimum absolute atomic E-state index is 0.172. The second-order valence-electron chi connectivity index (χ2n) is 6.74. The first-order valence-electron chi connectivity index (χ1n) is 8.41. The van der Waals surface area contributed by atoms with Crippen LogP contribution in [0.1, 0.15) is 16.7 Å². The number of phenolic OH excluding ortho intramolecular Hbond substituents is 1. The number of hydrogen-bond acceptors (Lipinski definition) is 5. The van der Waals surface area contributed by atoms with E-state index in [1.165, 1.54) is 0 Å². The van der Waals surface area contributed by atoms with Crippen molar-refractivity contribution in [2.45, 2.75) is 20.4 Å². The number of ether oxygens (including phenoxy) is 1. The second-order valence-corrected chi connectivity index (χ2v) is 6.74. The first-order valence-corrected chi connectivity index (χ1v) is 8.41. The molecule has 5 heteroatoms. The van der Waals surface area contributed by atoms with E-state index in [0.29, 0.717) is 23.3 Å². The van der Waals surface area contributed by atoms with Crippen molar-refractivity contribution in [3.8, 4) is 22.6 Å². The Hall–Kier alpha value is -2.79. The number of rotatable bonds is 4. The van der Waals surface area contributed by atoms with Crippen molar-refractivity contribution < 1.29 is 14.3 Å². The standard InChI is InChI=1S/C21H23NO4/c1-12-17-10-15(11-22(3)4)19(23)13(2)20(17)26-21(24)18(12)14-6-8-16(25-5)9-7-14/h6-10,23H,11H2,1-5H3. The fraction of sp³-hybridized carbons (Fsp3) is 0.286. The Morgan fingerprint density at radius 3 is 2.35 bits per heavy atom. The average Bonchev–Trinajstić information content (AvgIpc) is 2.61. The zero-order valence-electron chi connectivity index (χ0n) is 15.7. The van der Waals surface area contributed by atoms with Crippen LogP contribution in [0.5, 0.6) is 11.5 Å². The fourth-order valence-corrected chi connectivity index (χ4v) is 3.25. The van der Waals surface area contributed by atoms with Gasteiger partial charge in [0.15, 0.2) is 0 Å². The lowest BCUT2D eigenvalue weighted by Gasteiger charge is -2.16. The summed E-state index contributed by atoms with van der Waals surface area (Å²) in [5, 5.41) is 11.3. The Bertz CT molecular complexity index is 1020. The van der Waals surface area contributed by atoms with Crippen LogP contribution < -0.4 is 10.4 Å². The van der Waals surface area contributed by atoms with Crippen LogP contribution in [0.15, 0.2) is 39.5 Å². The summed E-state index contributed by atoms with van der Waals surface area (Å²) in [6.07, 6.45) is 0. The van der Waals surface area contributed by atoms with E-state index < -0.39 is 5.63 Å². The van der Waals surface area contributed by atoms with Gasteiger partial charge in [0.2, 0.25) is 0 Å². The predicted octanol–water partition coefficient (Wildman–Crippen LogP) is 3.85. The summed E-state index contributed by atoms with van der Waals surface area (Å²) in [5.41, 5.74) is 3.55. The van der Waals surface area contributed by atoms with Gasteiger partial charge in [-0.3, -0.25) is 0 Å². The number of phenols is 1. The minimum Gasteiger partial charge on any atom is -0.507 e. The van der Waals surface area contributed by atoms with Gasteiger partial charge >= 0.3 is 5.63 Å². The molecule has 1 aromatic heterocycles. The van der Waals surface area contributed by atoms with Gasteiger partial charge in [-0.1, -0.05) is 12.1 Å². The smallest absolute Gasteiger partial charge is 0.344 e. The van der Waals surface area contributed by atoms with Crippen LogP contribution in [0.25, 0.3) is 22.1 Å². The van der Waals surface area contributed by atoms with Crippen LogP contribution in [-0.2, 0) is 6.54 Å².